The average molecular weight is 455 g/mol. The van der Waals surface area contributed by atoms with Crippen LogP contribution in [0, 0.1) is 11.6 Å². The monoisotopic (exact) mass is 454 g/mol. The van der Waals surface area contributed by atoms with Crippen molar-refractivity contribution < 1.29 is 33.2 Å². The molecule has 4 rings (SSSR count). The van der Waals surface area contributed by atoms with E-state index < -0.39 is 34.7 Å². The minimum absolute atomic E-state index is 0.0364. The van der Waals surface area contributed by atoms with Crippen LogP contribution in [0.15, 0.2) is 30.3 Å². The molecule has 3 atom stereocenters. The van der Waals surface area contributed by atoms with Crippen molar-refractivity contribution in [1.29, 1.82) is 0 Å². The van der Waals surface area contributed by atoms with Gasteiger partial charge in [0.2, 0.25) is 5.82 Å². The van der Waals surface area contributed by atoms with Crippen LogP contribution in [0.4, 0.5) is 8.78 Å². The van der Waals surface area contributed by atoms with Crippen LogP contribution in [0.5, 0.6) is 5.75 Å². The Hall–Kier alpha value is -1.77. The Morgan fingerprint density at radius 3 is 2.58 bits per heavy atom. The van der Waals surface area contributed by atoms with E-state index in [2.05, 4.69) is 0 Å². The van der Waals surface area contributed by atoms with E-state index in [1.807, 2.05) is 0 Å². The Morgan fingerprint density at radius 2 is 1.90 bits per heavy atom. The second-order valence-corrected chi connectivity index (χ2v) is 9.20. The summed E-state index contributed by atoms with van der Waals surface area (Å²) in [7, 11) is 1.27. The molecular weight excluding hydrogens is 430 g/mol. The first-order valence-electron chi connectivity index (χ1n) is 10.0. The van der Waals surface area contributed by atoms with Crippen molar-refractivity contribution in [3.05, 3.63) is 63.7 Å². The summed E-state index contributed by atoms with van der Waals surface area (Å²) in [4.78, 5) is 0. The molecule has 0 aromatic heterocycles. The second-order valence-electron chi connectivity index (χ2n) is 8.80. The van der Waals surface area contributed by atoms with E-state index in [9.17, 15) is 19.0 Å². The van der Waals surface area contributed by atoms with Crippen LogP contribution in [-0.2, 0) is 21.7 Å². The van der Waals surface area contributed by atoms with Crippen LogP contribution in [0.1, 0.15) is 43.4 Å². The van der Waals surface area contributed by atoms with E-state index in [1.54, 1.807) is 32.0 Å². The third-order valence-corrected chi connectivity index (χ3v) is 6.67. The summed E-state index contributed by atoms with van der Waals surface area (Å²) in [6.07, 6.45) is -0.281. The number of aliphatic hydroxyl groups is 2. The van der Waals surface area contributed by atoms with Crippen LogP contribution in [-0.4, -0.2) is 41.2 Å². The summed E-state index contributed by atoms with van der Waals surface area (Å²) in [6, 6.07) is 7.88. The van der Waals surface area contributed by atoms with Crippen LogP contribution < -0.4 is 4.74 Å². The number of methoxy groups -OCH3 is 1. The molecule has 2 aliphatic heterocycles. The van der Waals surface area contributed by atoms with Crippen molar-refractivity contribution in [2.24, 2.45) is 0 Å². The normalized spacial score (nSPS) is 28.1. The van der Waals surface area contributed by atoms with Crippen molar-refractivity contribution in [2.75, 3.05) is 13.7 Å². The molecule has 5 nitrogen and oxygen atoms in total. The Morgan fingerprint density at radius 1 is 1.16 bits per heavy atom. The molecule has 2 aliphatic rings. The second kappa shape index (κ2) is 7.67. The molecule has 2 heterocycles. The minimum atomic E-state index is -1.26. The summed E-state index contributed by atoms with van der Waals surface area (Å²) in [5.74, 6) is -3.49. The zero-order valence-corrected chi connectivity index (χ0v) is 18.3. The number of halogens is 3. The number of ether oxygens (including phenoxy) is 3. The maximum Gasteiger partial charge on any atom is 0.200 e. The van der Waals surface area contributed by atoms with Gasteiger partial charge in [-0.25, -0.2) is 4.39 Å². The highest BCUT2D eigenvalue weighted by Gasteiger charge is 2.62. The Labute approximate surface area is 184 Å². The molecule has 2 N–H and O–H groups in total. The van der Waals surface area contributed by atoms with Gasteiger partial charge >= 0.3 is 0 Å². The zero-order valence-electron chi connectivity index (χ0n) is 17.5. The number of benzene rings is 2. The van der Waals surface area contributed by atoms with Gasteiger partial charge in [-0.3, -0.25) is 0 Å². The minimum Gasteiger partial charge on any atom is -0.494 e. The molecule has 2 saturated heterocycles. The first kappa shape index (κ1) is 22.4. The maximum absolute atomic E-state index is 14.5. The maximum atomic E-state index is 14.5. The van der Waals surface area contributed by atoms with Crippen LogP contribution in [0.2, 0.25) is 5.02 Å². The molecule has 0 radical (unpaired) electrons. The van der Waals surface area contributed by atoms with E-state index in [1.165, 1.54) is 19.2 Å². The number of hydrogen-bond acceptors (Lipinski definition) is 5. The Kier molecular flexibility index (Phi) is 5.55. The average Bonchev–Trinajstić information content (AvgIpc) is 3.00. The molecule has 2 aromatic rings. The number of fused-ring (bicyclic) bond motifs is 2. The highest BCUT2D eigenvalue weighted by atomic mass is 35.5. The fourth-order valence-electron chi connectivity index (χ4n) is 4.40. The van der Waals surface area contributed by atoms with Gasteiger partial charge in [0, 0.05) is 29.8 Å². The molecule has 0 amide bonds. The van der Waals surface area contributed by atoms with Crippen molar-refractivity contribution >= 4 is 11.6 Å². The smallest absolute Gasteiger partial charge is 0.200 e. The molecule has 0 spiro atoms. The van der Waals surface area contributed by atoms with Gasteiger partial charge in [0.1, 0.15) is 5.60 Å². The highest BCUT2D eigenvalue weighted by molar-refractivity contribution is 6.31. The van der Waals surface area contributed by atoms with Gasteiger partial charge in [-0.05, 0) is 43.2 Å². The summed E-state index contributed by atoms with van der Waals surface area (Å²) in [6.45, 7) is 3.36. The molecule has 31 heavy (non-hydrogen) atoms. The summed E-state index contributed by atoms with van der Waals surface area (Å²) in [5.41, 5.74) is -1.04. The fraction of sp³-hybridized carbons (Fsp3) is 0.478. The van der Waals surface area contributed by atoms with Gasteiger partial charge < -0.3 is 24.4 Å². The lowest BCUT2D eigenvalue weighted by Gasteiger charge is -2.45. The molecule has 0 unspecified atom stereocenters. The lowest BCUT2D eigenvalue weighted by atomic mass is 9.78. The largest absolute Gasteiger partial charge is 0.494 e. The van der Waals surface area contributed by atoms with Gasteiger partial charge in [-0.15, -0.1) is 0 Å². The standard InChI is InChI=1S/C23H25ClF2O5/c1-21(2,28)22-10-16(27)11-23(31-22,30-12-22)15-5-6-17(24)14(9-15)8-13-4-7-18(29-3)20(26)19(13)25/h4-7,9,16,27-28H,8,10-12H2,1-3H3/t16-,22+,23+/m0/s1. The van der Waals surface area contributed by atoms with Crippen molar-refractivity contribution in [1.82, 2.24) is 0 Å². The third-order valence-electron chi connectivity index (χ3n) is 6.30. The van der Waals surface area contributed by atoms with E-state index in [4.69, 9.17) is 25.8 Å². The zero-order chi connectivity index (χ0) is 22.6. The molecular formula is C23H25ClF2O5. The number of aliphatic hydroxyl groups excluding tert-OH is 1. The third kappa shape index (κ3) is 3.72. The topological polar surface area (TPSA) is 68.2 Å². The van der Waals surface area contributed by atoms with E-state index >= 15 is 0 Å². The predicted octanol–water partition coefficient (Wildman–Crippen LogP) is 4.08. The first-order chi connectivity index (χ1) is 14.5. The van der Waals surface area contributed by atoms with Crippen LogP contribution in [0.3, 0.4) is 0 Å². The number of hydrogen-bond donors (Lipinski definition) is 2. The highest BCUT2D eigenvalue weighted by Crippen LogP contribution is 2.53. The lowest BCUT2D eigenvalue weighted by Crippen LogP contribution is -2.57. The van der Waals surface area contributed by atoms with E-state index in [-0.39, 0.29) is 37.2 Å². The van der Waals surface area contributed by atoms with E-state index in [0.29, 0.717) is 16.1 Å². The summed E-state index contributed by atoms with van der Waals surface area (Å²) >= 11 is 6.35. The predicted molar refractivity (Wildman–Crippen MR) is 110 cm³/mol. The van der Waals surface area contributed by atoms with Crippen molar-refractivity contribution in [3.8, 4) is 5.75 Å². The molecule has 0 saturated carbocycles. The molecule has 168 valence electrons. The summed E-state index contributed by atoms with van der Waals surface area (Å²) in [5, 5.41) is 21.6. The molecule has 2 bridgehead atoms. The summed E-state index contributed by atoms with van der Waals surface area (Å²) < 4.78 is 45.8. The van der Waals surface area contributed by atoms with Gasteiger partial charge in [-0.2, -0.15) is 4.39 Å². The van der Waals surface area contributed by atoms with Gasteiger partial charge in [0.15, 0.2) is 17.4 Å². The molecule has 2 fully saturated rings. The van der Waals surface area contributed by atoms with Crippen molar-refractivity contribution in [3.63, 3.8) is 0 Å². The quantitative estimate of drug-likeness (QED) is 0.712. The van der Waals surface area contributed by atoms with Crippen molar-refractivity contribution in [2.45, 2.75) is 56.2 Å². The Bertz CT molecular complexity index is 1010. The SMILES string of the molecule is COc1ccc(Cc2cc([C@]34C[C@@H](O)C[C@](C(C)(C)O)(CO3)O4)ccc2Cl)c(F)c1F. The van der Waals surface area contributed by atoms with Gasteiger partial charge in [0.25, 0.3) is 0 Å². The molecule has 2 aromatic carbocycles. The molecule has 8 heteroatoms. The van der Waals surface area contributed by atoms with Gasteiger partial charge in [0.05, 0.1) is 25.4 Å². The first-order valence-corrected chi connectivity index (χ1v) is 10.4. The Balaban J connectivity index is 1.70. The molecule has 0 aliphatic carbocycles. The number of rotatable bonds is 5. The van der Waals surface area contributed by atoms with Crippen LogP contribution in [0.25, 0.3) is 0 Å². The fourth-order valence-corrected chi connectivity index (χ4v) is 4.59. The lowest BCUT2D eigenvalue weighted by molar-refractivity contribution is -0.274. The van der Waals surface area contributed by atoms with E-state index in [0.717, 1.165) is 0 Å². The van der Waals surface area contributed by atoms with Gasteiger partial charge in [-0.1, -0.05) is 23.7 Å². The van der Waals surface area contributed by atoms with Crippen LogP contribution >= 0.6 is 11.6 Å².